The van der Waals surface area contributed by atoms with Crippen LogP contribution in [-0.2, 0) is 14.3 Å². The first-order valence-corrected chi connectivity index (χ1v) is 11.5. The molecule has 5 rings (SSSR count). The van der Waals surface area contributed by atoms with Gasteiger partial charge in [-0.1, -0.05) is 63.2 Å². The van der Waals surface area contributed by atoms with Crippen molar-refractivity contribution < 1.29 is 14.3 Å². The second kappa shape index (κ2) is 6.81. The molecule has 1 amide bonds. The molecule has 3 atom stereocenters. The SMILES string of the molecule is Cc1cccc(C)c1[C@@H]1c2ccccc2C=CN1C(=O)[C@@]12CC[C@@](C)(COC1=O)C2(C)C. The van der Waals surface area contributed by atoms with Crippen molar-refractivity contribution in [2.24, 2.45) is 16.2 Å². The summed E-state index contributed by atoms with van der Waals surface area (Å²) in [6.45, 7) is 10.9. The van der Waals surface area contributed by atoms with Crippen molar-refractivity contribution in [3.05, 3.63) is 76.5 Å². The average Bonchev–Trinajstić information content (AvgIpc) is 2.87. The summed E-state index contributed by atoms with van der Waals surface area (Å²) in [5.41, 5.74) is 3.70. The second-order valence-electron chi connectivity index (χ2n) is 10.5. The van der Waals surface area contributed by atoms with Crippen molar-refractivity contribution in [2.45, 2.75) is 53.5 Å². The summed E-state index contributed by atoms with van der Waals surface area (Å²) in [4.78, 5) is 29.7. The average molecular weight is 430 g/mol. The van der Waals surface area contributed by atoms with Crippen molar-refractivity contribution in [3.8, 4) is 0 Å². The van der Waals surface area contributed by atoms with Crippen LogP contribution in [0.1, 0.15) is 67.5 Å². The van der Waals surface area contributed by atoms with Gasteiger partial charge in [-0.2, -0.15) is 0 Å². The molecule has 2 fully saturated rings. The Morgan fingerprint density at radius 2 is 1.69 bits per heavy atom. The normalized spacial score (nSPS) is 30.1. The van der Waals surface area contributed by atoms with Gasteiger partial charge < -0.3 is 9.64 Å². The molecule has 2 bridgehead atoms. The van der Waals surface area contributed by atoms with Crippen molar-refractivity contribution >= 4 is 18.0 Å². The molecule has 1 saturated heterocycles. The van der Waals surface area contributed by atoms with Crippen LogP contribution in [0.15, 0.2) is 48.7 Å². The van der Waals surface area contributed by atoms with Crippen LogP contribution in [0.3, 0.4) is 0 Å². The third-order valence-corrected chi connectivity index (χ3v) is 8.90. The fourth-order valence-electron chi connectivity index (χ4n) is 6.29. The van der Waals surface area contributed by atoms with Crippen molar-refractivity contribution in [3.63, 3.8) is 0 Å². The summed E-state index contributed by atoms with van der Waals surface area (Å²) in [7, 11) is 0. The molecule has 2 aliphatic heterocycles. The van der Waals surface area contributed by atoms with Gasteiger partial charge in [-0.15, -0.1) is 0 Å². The van der Waals surface area contributed by atoms with E-state index in [-0.39, 0.29) is 23.3 Å². The monoisotopic (exact) mass is 429 g/mol. The van der Waals surface area contributed by atoms with E-state index in [1.807, 2.05) is 35.4 Å². The minimum atomic E-state index is -1.18. The van der Waals surface area contributed by atoms with Crippen LogP contribution in [0.2, 0.25) is 0 Å². The Morgan fingerprint density at radius 3 is 2.41 bits per heavy atom. The van der Waals surface area contributed by atoms with Gasteiger partial charge in [0.2, 0.25) is 5.91 Å². The molecule has 0 unspecified atom stereocenters. The summed E-state index contributed by atoms with van der Waals surface area (Å²) in [6.07, 6.45) is 5.20. The second-order valence-corrected chi connectivity index (χ2v) is 10.5. The Bertz CT molecular complexity index is 1140. The lowest BCUT2D eigenvalue weighted by molar-refractivity contribution is -0.192. The van der Waals surface area contributed by atoms with E-state index in [4.69, 9.17) is 4.74 Å². The summed E-state index contributed by atoms with van der Waals surface area (Å²) in [6, 6.07) is 14.2. The molecule has 4 heteroatoms. The fourth-order valence-corrected chi connectivity index (χ4v) is 6.29. The molecule has 0 spiro atoms. The maximum absolute atomic E-state index is 14.5. The van der Waals surface area contributed by atoms with Crippen LogP contribution >= 0.6 is 0 Å². The lowest BCUT2D eigenvalue weighted by atomic mass is 9.57. The van der Waals surface area contributed by atoms with E-state index in [2.05, 4.69) is 58.9 Å². The van der Waals surface area contributed by atoms with Crippen LogP contribution in [0, 0.1) is 30.1 Å². The van der Waals surface area contributed by atoms with Crippen molar-refractivity contribution in [2.75, 3.05) is 6.61 Å². The molecular formula is C28H31NO3. The summed E-state index contributed by atoms with van der Waals surface area (Å²) < 4.78 is 5.67. The molecule has 0 N–H and O–H groups in total. The number of nitrogens with zero attached hydrogens (tertiary/aromatic N) is 1. The molecule has 4 nitrogen and oxygen atoms in total. The van der Waals surface area contributed by atoms with Crippen LogP contribution in [-0.4, -0.2) is 23.4 Å². The number of rotatable bonds is 2. The molecule has 32 heavy (non-hydrogen) atoms. The van der Waals surface area contributed by atoms with E-state index in [9.17, 15) is 9.59 Å². The Morgan fingerprint density at radius 1 is 1.00 bits per heavy atom. The minimum Gasteiger partial charge on any atom is -0.464 e. The molecular weight excluding hydrogens is 398 g/mol. The number of amides is 1. The number of aryl methyl sites for hydroxylation is 2. The van der Waals surface area contributed by atoms with E-state index in [1.54, 1.807) is 0 Å². The zero-order valence-electron chi connectivity index (χ0n) is 19.6. The first kappa shape index (κ1) is 21.0. The molecule has 3 aliphatic rings. The predicted molar refractivity (Wildman–Crippen MR) is 125 cm³/mol. The van der Waals surface area contributed by atoms with Gasteiger partial charge in [-0.05, 0) is 66.0 Å². The highest BCUT2D eigenvalue weighted by Gasteiger charge is 2.72. The Kier molecular flexibility index (Phi) is 4.47. The molecule has 2 heterocycles. The van der Waals surface area contributed by atoms with E-state index < -0.39 is 10.8 Å². The topological polar surface area (TPSA) is 46.6 Å². The smallest absolute Gasteiger partial charge is 0.322 e. The first-order valence-electron chi connectivity index (χ1n) is 11.5. The molecule has 0 radical (unpaired) electrons. The fraction of sp³-hybridized carbons (Fsp3) is 0.429. The molecule has 166 valence electrons. The Balaban J connectivity index is 1.70. The molecule has 2 aromatic carbocycles. The highest BCUT2D eigenvalue weighted by Crippen LogP contribution is 2.66. The van der Waals surface area contributed by atoms with E-state index in [0.717, 1.165) is 34.2 Å². The molecule has 1 saturated carbocycles. The van der Waals surface area contributed by atoms with Crippen LogP contribution < -0.4 is 0 Å². The largest absolute Gasteiger partial charge is 0.464 e. The Labute approximate surface area is 190 Å². The predicted octanol–water partition coefficient (Wildman–Crippen LogP) is 5.58. The lowest BCUT2D eigenvalue weighted by Crippen LogP contribution is -2.61. The van der Waals surface area contributed by atoms with Gasteiger partial charge in [0.25, 0.3) is 0 Å². The quantitative estimate of drug-likeness (QED) is 0.463. The zero-order chi connectivity index (χ0) is 22.9. The number of hydrogen-bond acceptors (Lipinski definition) is 3. The zero-order valence-corrected chi connectivity index (χ0v) is 19.6. The number of hydrogen-bond donors (Lipinski definition) is 0. The third kappa shape index (κ3) is 2.49. The van der Waals surface area contributed by atoms with Gasteiger partial charge in [-0.3, -0.25) is 9.59 Å². The molecule has 2 aromatic rings. The molecule has 1 aliphatic carbocycles. The van der Waals surface area contributed by atoms with Gasteiger partial charge >= 0.3 is 5.97 Å². The van der Waals surface area contributed by atoms with Crippen LogP contribution in [0.25, 0.3) is 6.08 Å². The number of benzene rings is 2. The summed E-state index contributed by atoms with van der Waals surface area (Å²) in [5.74, 6) is -0.510. The van der Waals surface area contributed by atoms with Gasteiger partial charge in [0.15, 0.2) is 5.41 Å². The van der Waals surface area contributed by atoms with Gasteiger partial charge in [0, 0.05) is 11.6 Å². The maximum atomic E-state index is 14.5. The van der Waals surface area contributed by atoms with Crippen LogP contribution in [0.4, 0.5) is 0 Å². The number of esters is 1. The summed E-state index contributed by atoms with van der Waals surface area (Å²) >= 11 is 0. The highest BCUT2D eigenvalue weighted by molar-refractivity contribution is 6.06. The number of carbonyl (C=O) groups is 2. The molecule has 0 aromatic heterocycles. The van der Waals surface area contributed by atoms with E-state index in [0.29, 0.717) is 13.0 Å². The number of fused-ring (bicyclic) bond motifs is 3. The third-order valence-electron chi connectivity index (χ3n) is 8.90. The van der Waals surface area contributed by atoms with Gasteiger partial charge in [0.1, 0.15) is 0 Å². The van der Waals surface area contributed by atoms with Gasteiger partial charge in [0.05, 0.1) is 12.6 Å². The van der Waals surface area contributed by atoms with Crippen molar-refractivity contribution in [1.29, 1.82) is 0 Å². The van der Waals surface area contributed by atoms with Gasteiger partial charge in [-0.25, -0.2) is 0 Å². The maximum Gasteiger partial charge on any atom is 0.322 e. The van der Waals surface area contributed by atoms with Crippen LogP contribution in [0.5, 0.6) is 0 Å². The highest BCUT2D eigenvalue weighted by atomic mass is 16.5. The standard InChI is InChI=1S/C28H31NO3/c1-18-9-8-10-19(2)22(18)23-21-12-7-6-11-20(21)13-16-29(23)24(30)28-15-14-27(5,26(28,3)4)17-32-25(28)31/h6-13,16,23H,14-15,17H2,1-5H3/t23-,27-,28-/m0/s1. The van der Waals surface area contributed by atoms with Crippen molar-refractivity contribution in [1.82, 2.24) is 4.90 Å². The first-order chi connectivity index (χ1) is 15.1. The van der Waals surface area contributed by atoms with E-state index >= 15 is 0 Å². The number of cyclic esters (lactones) is 1. The number of ether oxygens (including phenoxy) is 1. The van der Waals surface area contributed by atoms with E-state index in [1.165, 1.54) is 0 Å². The summed E-state index contributed by atoms with van der Waals surface area (Å²) in [5, 5.41) is 0. The Hall–Kier alpha value is -2.88. The number of carbonyl (C=O) groups excluding carboxylic acids is 2. The lowest BCUT2D eigenvalue weighted by Gasteiger charge is -2.51. The minimum absolute atomic E-state index is 0.144.